The van der Waals surface area contributed by atoms with E-state index in [2.05, 4.69) is 22.6 Å². The zero-order chi connectivity index (χ0) is 14.0. The number of nitrogens with zero attached hydrogens (tertiary/aromatic N) is 2. The van der Waals surface area contributed by atoms with Gasteiger partial charge in [0.2, 0.25) is 0 Å². The van der Waals surface area contributed by atoms with Gasteiger partial charge >= 0.3 is 5.88 Å². The summed E-state index contributed by atoms with van der Waals surface area (Å²) in [6, 6.07) is 9.77. The number of furan rings is 1. The minimum absolute atomic E-state index is 0.0623. The Morgan fingerprint density at radius 3 is 2.42 bits per heavy atom. The van der Waals surface area contributed by atoms with Gasteiger partial charge in [-0.3, -0.25) is 14.9 Å². The van der Waals surface area contributed by atoms with Crippen molar-refractivity contribution in [2.45, 2.75) is 0 Å². The van der Waals surface area contributed by atoms with Crippen LogP contribution in [0.1, 0.15) is 10.6 Å². The van der Waals surface area contributed by atoms with Crippen molar-refractivity contribution < 1.29 is 14.1 Å². The summed E-state index contributed by atoms with van der Waals surface area (Å²) in [4.78, 5) is 23.3. The third-order valence-corrected chi connectivity index (χ3v) is 3.22. The van der Waals surface area contributed by atoms with Gasteiger partial charge in [0, 0.05) is 16.3 Å². The molecule has 98 valence electrons. The summed E-state index contributed by atoms with van der Waals surface area (Å²) in [5.74, 6) is -0.943. The molecular weight excluding hydrogens is 363 g/mol. The highest BCUT2D eigenvalue weighted by molar-refractivity contribution is 14.1. The molecule has 2 aromatic rings. The lowest BCUT2D eigenvalue weighted by Gasteiger charge is -2.15. The molecule has 0 unspecified atom stereocenters. The van der Waals surface area contributed by atoms with Crippen LogP contribution in [0.4, 0.5) is 11.6 Å². The van der Waals surface area contributed by atoms with Crippen molar-refractivity contribution in [3.05, 3.63) is 55.8 Å². The molecule has 0 saturated heterocycles. The Bertz CT molecular complexity index is 621. The monoisotopic (exact) mass is 372 g/mol. The largest absolute Gasteiger partial charge is 0.433 e. The number of hydrogen-bond acceptors (Lipinski definition) is 4. The maximum absolute atomic E-state index is 12.1. The maximum Gasteiger partial charge on any atom is 0.433 e. The normalized spacial score (nSPS) is 10.2. The van der Waals surface area contributed by atoms with Gasteiger partial charge in [0.05, 0.1) is 6.07 Å². The first-order valence-corrected chi connectivity index (χ1v) is 6.35. The molecule has 19 heavy (non-hydrogen) atoms. The molecule has 2 rings (SSSR count). The Balaban J connectivity index is 2.22. The zero-order valence-electron chi connectivity index (χ0n) is 9.87. The van der Waals surface area contributed by atoms with E-state index in [9.17, 15) is 14.9 Å². The molecule has 0 fully saturated rings. The lowest BCUT2D eigenvalue weighted by Crippen LogP contribution is -2.25. The van der Waals surface area contributed by atoms with Gasteiger partial charge in [-0.25, -0.2) is 0 Å². The summed E-state index contributed by atoms with van der Waals surface area (Å²) in [6.45, 7) is 0. The lowest BCUT2D eigenvalue weighted by atomic mass is 10.3. The number of hydrogen-bond donors (Lipinski definition) is 0. The first-order valence-electron chi connectivity index (χ1n) is 5.27. The Hall–Kier alpha value is -1.90. The number of rotatable bonds is 3. The van der Waals surface area contributed by atoms with E-state index in [0.29, 0.717) is 5.69 Å². The summed E-state index contributed by atoms with van der Waals surface area (Å²) in [5, 5.41) is 10.5. The van der Waals surface area contributed by atoms with Crippen LogP contribution in [0.2, 0.25) is 0 Å². The Morgan fingerprint density at radius 2 is 1.89 bits per heavy atom. The molecule has 1 aromatic carbocycles. The quantitative estimate of drug-likeness (QED) is 0.472. The van der Waals surface area contributed by atoms with E-state index in [-0.39, 0.29) is 5.76 Å². The van der Waals surface area contributed by atoms with Crippen LogP contribution in [0.25, 0.3) is 0 Å². The topological polar surface area (TPSA) is 76.6 Å². The second kappa shape index (κ2) is 5.39. The molecule has 6 nitrogen and oxygen atoms in total. The summed E-state index contributed by atoms with van der Waals surface area (Å²) in [6.07, 6.45) is 0. The summed E-state index contributed by atoms with van der Waals surface area (Å²) < 4.78 is 5.93. The molecule has 1 aromatic heterocycles. The van der Waals surface area contributed by atoms with Crippen molar-refractivity contribution in [3.63, 3.8) is 0 Å². The molecule has 0 atom stereocenters. The fourth-order valence-corrected chi connectivity index (χ4v) is 1.85. The second-order valence-electron chi connectivity index (χ2n) is 3.74. The van der Waals surface area contributed by atoms with E-state index >= 15 is 0 Å². The van der Waals surface area contributed by atoms with E-state index in [4.69, 9.17) is 4.42 Å². The number of carbonyl (C=O) groups excluding carboxylic acids is 1. The van der Waals surface area contributed by atoms with E-state index in [1.807, 2.05) is 12.1 Å². The molecule has 0 N–H and O–H groups in total. The number of halogens is 1. The fourth-order valence-electron chi connectivity index (χ4n) is 1.49. The zero-order valence-corrected chi connectivity index (χ0v) is 12.0. The van der Waals surface area contributed by atoms with Crippen molar-refractivity contribution in [1.29, 1.82) is 0 Å². The highest BCUT2D eigenvalue weighted by Crippen LogP contribution is 2.21. The number of anilines is 1. The minimum atomic E-state index is -0.679. The predicted molar refractivity (Wildman–Crippen MR) is 77.3 cm³/mol. The Kier molecular flexibility index (Phi) is 3.84. The average Bonchev–Trinajstić information content (AvgIpc) is 2.87. The average molecular weight is 372 g/mol. The van der Waals surface area contributed by atoms with E-state index in [1.54, 1.807) is 19.2 Å². The van der Waals surface area contributed by atoms with Crippen molar-refractivity contribution in [2.75, 3.05) is 11.9 Å². The number of nitro groups is 1. The second-order valence-corrected chi connectivity index (χ2v) is 4.98. The van der Waals surface area contributed by atoms with E-state index < -0.39 is 16.7 Å². The van der Waals surface area contributed by atoms with Gasteiger partial charge in [-0.15, -0.1) is 0 Å². The van der Waals surface area contributed by atoms with Crippen LogP contribution >= 0.6 is 22.6 Å². The van der Waals surface area contributed by atoms with Gasteiger partial charge in [0.25, 0.3) is 5.91 Å². The molecule has 0 aliphatic heterocycles. The van der Waals surface area contributed by atoms with Gasteiger partial charge in [-0.05, 0) is 52.9 Å². The molecule has 0 aliphatic rings. The van der Waals surface area contributed by atoms with Gasteiger partial charge in [0.15, 0.2) is 5.76 Å². The van der Waals surface area contributed by atoms with E-state index in [0.717, 1.165) is 9.64 Å². The molecule has 1 heterocycles. The van der Waals surface area contributed by atoms with Crippen LogP contribution in [0.3, 0.4) is 0 Å². The van der Waals surface area contributed by atoms with Crippen LogP contribution in [-0.2, 0) is 0 Å². The summed E-state index contributed by atoms with van der Waals surface area (Å²) in [5.41, 5.74) is 0.685. The third-order valence-electron chi connectivity index (χ3n) is 2.50. The molecule has 0 bridgehead atoms. The smallest absolute Gasteiger partial charge is 0.395 e. The first kappa shape index (κ1) is 13.5. The molecule has 7 heteroatoms. The molecule has 0 spiro atoms. The molecule has 1 amide bonds. The molecule has 0 radical (unpaired) electrons. The lowest BCUT2D eigenvalue weighted by molar-refractivity contribution is -0.402. The fraction of sp³-hybridized carbons (Fsp3) is 0.0833. The maximum atomic E-state index is 12.1. The van der Waals surface area contributed by atoms with Crippen molar-refractivity contribution in [3.8, 4) is 0 Å². The van der Waals surface area contributed by atoms with Crippen LogP contribution in [0.5, 0.6) is 0 Å². The van der Waals surface area contributed by atoms with Gasteiger partial charge in [-0.1, -0.05) is 0 Å². The Morgan fingerprint density at radius 1 is 1.26 bits per heavy atom. The van der Waals surface area contributed by atoms with Crippen molar-refractivity contribution in [2.24, 2.45) is 0 Å². The van der Waals surface area contributed by atoms with Crippen molar-refractivity contribution >= 4 is 40.1 Å². The van der Waals surface area contributed by atoms with Crippen molar-refractivity contribution in [1.82, 2.24) is 0 Å². The van der Waals surface area contributed by atoms with Crippen LogP contribution in [-0.4, -0.2) is 17.9 Å². The standard InChI is InChI=1S/C12H9IN2O4/c1-14(9-4-2-8(13)3-5-9)12(16)10-6-7-11(19-10)15(17)18/h2-7H,1H3. The molecule has 0 aliphatic carbocycles. The van der Waals surface area contributed by atoms with Crippen LogP contribution in [0, 0.1) is 13.7 Å². The number of amides is 1. The summed E-state index contributed by atoms with van der Waals surface area (Å²) in [7, 11) is 1.58. The SMILES string of the molecule is CN(C(=O)c1ccc([N+](=O)[O-])o1)c1ccc(I)cc1. The van der Waals surface area contributed by atoms with Crippen LogP contribution in [0.15, 0.2) is 40.8 Å². The third kappa shape index (κ3) is 2.92. The summed E-state index contributed by atoms with van der Waals surface area (Å²) >= 11 is 2.16. The predicted octanol–water partition coefficient (Wildman–Crippen LogP) is 3.07. The van der Waals surface area contributed by atoms with Gasteiger partial charge in [0.1, 0.15) is 4.92 Å². The molecular formula is C12H9IN2O4. The van der Waals surface area contributed by atoms with Gasteiger partial charge in [-0.2, -0.15) is 0 Å². The van der Waals surface area contributed by atoms with Crippen LogP contribution < -0.4 is 4.90 Å². The molecule has 0 saturated carbocycles. The number of benzene rings is 1. The Labute approximate surface area is 122 Å². The minimum Gasteiger partial charge on any atom is -0.395 e. The number of carbonyl (C=O) groups is 1. The highest BCUT2D eigenvalue weighted by Gasteiger charge is 2.21. The van der Waals surface area contributed by atoms with E-state index in [1.165, 1.54) is 11.0 Å². The van der Waals surface area contributed by atoms with Gasteiger partial charge < -0.3 is 9.32 Å². The first-order chi connectivity index (χ1) is 8.99. The highest BCUT2D eigenvalue weighted by atomic mass is 127.